The molecule has 0 saturated heterocycles. The van der Waals surface area contributed by atoms with Crippen LogP contribution in [0.4, 0.5) is 17.3 Å². The minimum Gasteiger partial charge on any atom is -0.505 e. The Kier molecular flexibility index (Phi) is 5.75. The summed E-state index contributed by atoms with van der Waals surface area (Å²) in [6.45, 7) is 0. The van der Waals surface area contributed by atoms with Gasteiger partial charge in [-0.05, 0) is 29.0 Å². The Balaban J connectivity index is 1.54. The van der Waals surface area contributed by atoms with Crippen LogP contribution in [0.5, 0.6) is 5.75 Å². The van der Waals surface area contributed by atoms with Crippen LogP contribution in [0.2, 0.25) is 0 Å². The van der Waals surface area contributed by atoms with Crippen LogP contribution < -0.4 is 10.3 Å². The molecule has 3 N–H and O–H groups in total. The summed E-state index contributed by atoms with van der Waals surface area (Å²) in [7, 11) is 0. The number of carbonyl (C=O) groups is 1. The highest BCUT2D eigenvalue weighted by Crippen LogP contribution is 2.38. The summed E-state index contributed by atoms with van der Waals surface area (Å²) < 4.78 is 0. The van der Waals surface area contributed by atoms with E-state index in [1.807, 2.05) is 6.07 Å². The molecule has 0 spiro atoms. The zero-order valence-corrected chi connectivity index (χ0v) is 18.4. The zero-order chi connectivity index (χ0) is 25.1. The van der Waals surface area contributed by atoms with Crippen molar-refractivity contribution in [2.24, 2.45) is 21.2 Å². The number of hydrogen-bond acceptors (Lipinski definition) is 10. The molecule has 0 fully saturated rings. The molecule has 174 valence electrons. The Hall–Kier alpha value is -5.62. The van der Waals surface area contributed by atoms with Gasteiger partial charge >= 0.3 is 0 Å². The minimum absolute atomic E-state index is 0.0218. The first kappa shape index (κ1) is 22.2. The average molecular weight is 476 g/mol. The van der Waals surface area contributed by atoms with Crippen molar-refractivity contribution in [3.05, 3.63) is 72.1 Å². The molecule has 3 heterocycles. The van der Waals surface area contributed by atoms with Crippen LogP contribution >= 0.6 is 0 Å². The summed E-state index contributed by atoms with van der Waals surface area (Å²) >= 11 is 0. The Bertz CT molecular complexity index is 1600. The third-order valence-electron chi connectivity index (χ3n) is 5.47. The third-order valence-corrected chi connectivity index (χ3v) is 5.47. The number of anilines is 2. The van der Waals surface area contributed by atoms with Gasteiger partial charge in [0.25, 0.3) is 5.91 Å². The van der Waals surface area contributed by atoms with Crippen molar-refractivity contribution in [3.63, 3.8) is 0 Å². The van der Waals surface area contributed by atoms with E-state index in [-0.39, 0.29) is 22.6 Å². The number of benzene rings is 2. The smallest absolute Gasteiger partial charge is 0.261 e. The van der Waals surface area contributed by atoms with Gasteiger partial charge in [-0.25, -0.2) is 9.99 Å². The lowest BCUT2D eigenvalue weighted by Gasteiger charge is -2.19. The van der Waals surface area contributed by atoms with Gasteiger partial charge in [-0.15, -0.1) is 5.11 Å². The fraction of sp³-hybridized carbons (Fsp3) is 0.0833. The predicted molar refractivity (Wildman–Crippen MR) is 129 cm³/mol. The molecule has 12 heteroatoms. The zero-order valence-electron chi connectivity index (χ0n) is 18.4. The fourth-order valence-electron chi connectivity index (χ4n) is 3.74. The molecule has 1 aliphatic rings. The largest absolute Gasteiger partial charge is 0.505 e. The first-order valence-electron chi connectivity index (χ1n) is 10.6. The summed E-state index contributed by atoms with van der Waals surface area (Å²) in [6.07, 6.45) is 3.50. The van der Waals surface area contributed by atoms with Crippen LogP contribution in [0.15, 0.2) is 76.3 Å². The van der Waals surface area contributed by atoms with Gasteiger partial charge in [-0.2, -0.15) is 25.8 Å². The molecular formula is C24H16N10O2. The van der Waals surface area contributed by atoms with Crippen LogP contribution in [0.1, 0.15) is 15.9 Å². The first-order chi connectivity index (χ1) is 17.6. The molecule has 0 saturated carbocycles. The van der Waals surface area contributed by atoms with Gasteiger partial charge in [0, 0.05) is 12.4 Å². The van der Waals surface area contributed by atoms with Crippen molar-refractivity contribution < 1.29 is 9.90 Å². The van der Waals surface area contributed by atoms with E-state index < -0.39 is 23.7 Å². The van der Waals surface area contributed by atoms with E-state index in [0.717, 1.165) is 0 Å². The number of phenolic OH excluding ortho intramolecular Hbond substituents is 1. The third kappa shape index (κ3) is 3.95. The van der Waals surface area contributed by atoms with Crippen molar-refractivity contribution in [1.29, 1.82) is 10.5 Å². The molecule has 5 rings (SSSR count). The second kappa shape index (κ2) is 9.32. The van der Waals surface area contributed by atoms with Gasteiger partial charge in [0.2, 0.25) is 0 Å². The second-order valence-electron chi connectivity index (χ2n) is 7.65. The van der Waals surface area contributed by atoms with E-state index in [9.17, 15) is 20.4 Å². The number of nitrogens with one attached hydrogen (secondary N) is 2. The lowest BCUT2D eigenvalue weighted by atomic mass is 10.0. The molecule has 0 aliphatic carbocycles. The Morgan fingerprint density at radius 2 is 2.03 bits per heavy atom. The van der Waals surface area contributed by atoms with E-state index in [1.54, 1.807) is 54.7 Å². The number of nitriles is 2. The van der Waals surface area contributed by atoms with Crippen LogP contribution in [0.25, 0.3) is 10.8 Å². The molecule has 1 amide bonds. The predicted octanol–water partition coefficient (Wildman–Crippen LogP) is 3.84. The number of carbonyl (C=O) groups excluding carboxylic acids is 1. The van der Waals surface area contributed by atoms with Crippen molar-refractivity contribution in [2.45, 2.75) is 6.17 Å². The number of rotatable bonds is 5. The number of phenols is 1. The fourth-order valence-corrected chi connectivity index (χ4v) is 3.74. The van der Waals surface area contributed by atoms with Gasteiger partial charge in [0.15, 0.2) is 17.7 Å². The summed E-state index contributed by atoms with van der Waals surface area (Å²) in [4.78, 5) is 17.4. The Morgan fingerprint density at radius 3 is 2.81 bits per heavy atom. The highest BCUT2D eigenvalue weighted by molar-refractivity contribution is 6.16. The average Bonchev–Trinajstić information content (AvgIpc) is 3.54. The van der Waals surface area contributed by atoms with Gasteiger partial charge in [-0.1, -0.05) is 30.3 Å². The molecule has 12 nitrogen and oxygen atoms in total. The number of aromatic amines is 1. The van der Waals surface area contributed by atoms with Crippen LogP contribution in [-0.2, 0) is 0 Å². The summed E-state index contributed by atoms with van der Waals surface area (Å²) in [5.74, 6) is -1.21. The topological polar surface area (TPSA) is 179 Å². The molecule has 1 aliphatic heterocycles. The SMILES string of the molecule is N#Cc1cn[nH]c1NC(=O)c1c(O)c(N=NC2C(C#N)C=NN2c2ccccn2)cc2ccccc12. The van der Waals surface area contributed by atoms with Crippen LogP contribution in [0, 0.1) is 28.6 Å². The van der Waals surface area contributed by atoms with Gasteiger partial charge < -0.3 is 10.4 Å². The van der Waals surface area contributed by atoms with Crippen LogP contribution in [-0.4, -0.2) is 38.6 Å². The van der Waals surface area contributed by atoms with E-state index in [2.05, 4.69) is 41.9 Å². The van der Waals surface area contributed by atoms with Crippen LogP contribution in [0.3, 0.4) is 0 Å². The Labute approximate surface area is 203 Å². The number of azo groups is 1. The minimum atomic E-state index is -0.823. The van der Waals surface area contributed by atoms with E-state index in [4.69, 9.17) is 0 Å². The summed E-state index contributed by atoms with van der Waals surface area (Å²) in [5, 5.41) is 54.0. The van der Waals surface area contributed by atoms with E-state index >= 15 is 0 Å². The number of hydrazone groups is 1. The highest BCUT2D eigenvalue weighted by atomic mass is 16.3. The number of hydrogen-bond donors (Lipinski definition) is 3. The number of H-pyrrole nitrogens is 1. The summed E-state index contributed by atoms with van der Waals surface area (Å²) in [5.41, 5.74) is 0.108. The van der Waals surface area contributed by atoms with E-state index in [0.29, 0.717) is 16.6 Å². The standard InChI is InChI=1S/C24H16N10O2/c25-10-15-12-28-32-22(15)30-24(36)20-17-6-2-1-5-14(17)9-18(21(20)35)31-33-23-16(11-26)13-29-34(23)19-7-3-4-8-27-19/h1-9,12-13,16,23,35H,(H2,28,30,32,36). The molecule has 4 aromatic rings. The molecule has 2 unspecified atom stereocenters. The number of aromatic nitrogens is 3. The normalized spacial score (nSPS) is 16.8. The molecular weight excluding hydrogens is 460 g/mol. The summed E-state index contributed by atoms with van der Waals surface area (Å²) in [6, 6.07) is 17.8. The van der Waals surface area contributed by atoms with E-state index in [1.165, 1.54) is 17.4 Å². The Morgan fingerprint density at radius 1 is 1.19 bits per heavy atom. The maximum Gasteiger partial charge on any atom is 0.261 e. The molecule has 36 heavy (non-hydrogen) atoms. The second-order valence-corrected chi connectivity index (χ2v) is 7.65. The molecule has 0 radical (unpaired) electrons. The van der Waals surface area contributed by atoms with Gasteiger partial charge in [0.05, 0.1) is 17.8 Å². The molecule has 0 bridgehead atoms. The van der Waals surface area contributed by atoms with Crippen molar-refractivity contribution in [1.82, 2.24) is 15.2 Å². The van der Waals surface area contributed by atoms with Crippen molar-refractivity contribution >= 4 is 40.2 Å². The molecule has 2 aromatic heterocycles. The lowest BCUT2D eigenvalue weighted by Crippen LogP contribution is -2.30. The quantitative estimate of drug-likeness (QED) is 0.366. The number of aromatic hydroxyl groups is 1. The maximum absolute atomic E-state index is 13.2. The molecule has 2 aromatic carbocycles. The van der Waals surface area contributed by atoms with Gasteiger partial charge in [0.1, 0.15) is 29.1 Å². The van der Waals surface area contributed by atoms with Crippen molar-refractivity contribution in [3.8, 4) is 17.9 Å². The van der Waals surface area contributed by atoms with Crippen molar-refractivity contribution in [2.75, 3.05) is 10.3 Å². The highest BCUT2D eigenvalue weighted by Gasteiger charge is 2.33. The monoisotopic (exact) mass is 476 g/mol. The maximum atomic E-state index is 13.2. The number of fused-ring (bicyclic) bond motifs is 1. The number of pyridine rings is 1. The molecule has 2 atom stereocenters. The number of nitrogens with zero attached hydrogens (tertiary/aromatic N) is 8. The lowest BCUT2D eigenvalue weighted by molar-refractivity contribution is 0.102. The first-order valence-corrected chi connectivity index (χ1v) is 10.6. The van der Waals surface area contributed by atoms with Gasteiger partial charge in [-0.3, -0.25) is 9.89 Å². The number of amides is 1.